The van der Waals surface area contributed by atoms with Gasteiger partial charge < -0.3 is 14.7 Å². The fraction of sp³-hybridized carbons (Fsp3) is 0.562. The normalized spacial score (nSPS) is 17.9. The van der Waals surface area contributed by atoms with Crippen molar-refractivity contribution in [3.05, 3.63) is 29.8 Å². The number of ether oxygens (including phenoxy) is 1. The van der Waals surface area contributed by atoms with Crippen LogP contribution < -0.4 is 4.74 Å². The molecule has 0 spiro atoms. The highest BCUT2D eigenvalue weighted by atomic mass is 16.5. The molecule has 0 aliphatic carbocycles. The zero-order valence-electron chi connectivity index (χ0n) is 12.3. The van der Waals surface area contributed by atoms with Gasteiger partial charge in [0.15, 0.2) is 0 Å². The van der Waals surface area contributed by atoms with E-state index >= 15 is 0 Å². The molecule has 20 heavy (non-hydrogen) atoms. The summed E-state index contributed by atoms with van der Waals surface area (Å²) in [5.74, 6) is 0.994. The number of benzene rings is 1. The fourth-order valence-electron chi connectivity index (χ4n) is 2.55. The van der Waals surface area contributed by atoms with Crippen molar-refractivity contribution in [2.24, 2.45) is 0 Å². The van der Waals surface area contributed by atoms with Crippen LogP contribution in [0.25, 0.3) is 0 Å². The second kappa shape index (κ2) is 6.27. The molecule has 1 aromatic rings. The topological polar surface area (TPSA) is 49.8 Å². The minimum atomic E-state index is -0.612. The van der Waals surface area contributed by atoms with Gasteiger partial charge in [-0.3, -0.25) is 4.79 Å². The Morgan fingerprint density at radius 1 is 1.35 bits per heavy atom. The highest BCUT2D eigenvalue weighted by Crippen LogP contribution is 2.23. The van der Waals surface area contributed by atoms with Crippen molar-refractivity contribution < 1.29 is 14.6 Å². The molecule has 2 rings (SSSR count). The van der Waals surface area contributed by atoms with E-state index < -0.39 is 5.60 Å². The van der Waals surface area contributed by atoms with E-state index in [4.69, 9.17) is 4.74 Å². The first-order valence-corrected chi connectivity index (χ1v) is 7.14. The van der Waals surface area contributed by atoms with Crippen LogP contribution in [0.4, 0.5) is 0 Å². The number of piperidine rings is 1. The summed E-state index contributed by atoms with van der Waals surface area (Å²) < 4.78 is 5.29. The lowest BCUT2D eigenvalue weighted by Gasteiger charge is -2.35. The lowest BCUT2D eigenvalue weighted by molar-refractivity contribution is -0.134. The van der Waals surface area contributed by atoms with Crippen LogP contribution >= 0.6 is 0 Å². The van der Waals surface area contributed by atoms with E-state index in [0.717, 1.165) is 11.3 Å². The second-order valence-electron chi connectivity index (χ2n) is 5.69. The zero-order valence-corrected chi connectivity index (χ0v) is 12.3. The molecule has 4 nitrogen and oxygen atoms in total. The number of para-hydroxylation sites is 1. The monoisotopic (exact) mass is 277 g/mol. The van der Waals surface area contributed by atoms with Crippen LogP contribution in [0.3, 0.4) is 0 Å². The maximum atomic E-state index is 12.2. The van der Waals surface area contributed by atoms with Gasteiger partial charge in [-0.2, -0.15) is 0 Å². The summed E-state index contributed by atoms with van der Waals surface area (Å²) in [5.41, 5.74) is 0.451. The second-order valence-corrected chi connectivity index (χ2v) is 5.69. The molecule has 110 valence electrons. The van der Waals surface area contributed by atoms with Crippen LogP contribution in [0.15, 0.2) is 24.3 Å². The molecule has 1 amide bonds. The summed E-state index contributed by atoms with van der Waals surface area (Å²) in [6.45, 7) is 3.14. The number of nitrogens with zero attached hydrogens (tertiary/aromatic N) is 1. The Labute approximate surface area is 120 Å². The van der Waals surface area contributed by atoms with E-state index in [9.17, 15) is 9.90 Å². The molecule has 0 bridgehead atoms. The van der Waals surface area contributed by atoms with Crippen LogP contribution in [0.2, 0.25) is 0 Å². The number of likely N-dealkylation sites (tertiary alicyclic amines) is 1. The molecule has 1 aromatic carbocycles. The molecule has 1 heterocycles. The van der Waals surface area contributed by atoms with Crippen molar-refractivity contribution in [2.45, 2.75) is 38.2 Å². The minimum Gasteiger partial charge on any atom is -0.496 e. The van der Waals surface area contributed by atoms with Crippen LogP contribution in [0.5, 0.6) is 5.75 Å². The van der Waals surface area contributed by atoms with E-state index in [1.54, 1.807) is 7.11 Å². The number of amides is 1. The summed E-state index contributed by atoms with van der Waals surface area (Å²) in [4.78, 5) is 14.0. The van der Waals surface area contributed by atoms with Crippen molar-refractivity contribution in [2.75, 3.05) is 20.2 Å². The fourth-order valence-corrected chi connectivity index (χ4v) is 2.55. The first-order chi connectivity index (χ1) is 9.52. The van der Waals surface area contributed by atoms with Crippen LogP contribution in [0, 0.1) is 0 Å². The van der Waals surface area contributed by atoms with E-state index in [2.05, 4.69) is 0 Å². The third kappa shape index (κ3) is 3.73. The van der Waals surface area contributed by atoms with Crippen LogP contribution in [0.1, 0.15) is 31.7 Å². The molecule has 0 aromatic heterocycles. The zero-order chi connectivity index (χ0) is 14.6. The average molecular weight is 277 g/mol. The molecule has 0 saturated carbocycles. The molecule has 0 radical (unpaired) electrons. The highest BCUT2D eigenvalue weighted by Gasteiger charge is 2.29. The molecule has 0 atom stereocenters. The number of rotatable bonds is 4. The first kappa shape index (κ1) is 14.9. The van der Waals surface area contributed by atoms with Crippen molar-refractivity contribution in [3.63, 3.8) is 0 Å². The van der Waals surface area contributed by atoms with Gasteiger partial charge in [-0.25, -0.2) is 0 Å². The third-order valence-electron chi connectivity index (χ3n) is 3.99. The smallest absolute Gasteiger partial charge is 0.222 e. The van der Waals surface area contributed by atoms with Gasteiger partial charge in [-0.05, 0) is 37.8 Å². The van der Waals surface area contributed by atoms with Gasteiger partial charge in [0.05, 0.1) is 12.7 Å². The molecular formula is C16H23NO3. The molecule has 1 aliphatic rings. The summed E-state index contributed by atoms with van der Waals surface area (Å²) in [5, 5.41) is 9.90. The Morgan fingerprint density at radius 2 is 2.00 bits per heavy atom. The van der Waals surface area contributed by atoms with Crippen molar-refractivity contribution in [1.82, 2.24) is 4.90 Å². The number of hydrogen-bond donors (Lipinski definition) is 1. The molecule has 0 unspecified atom stereocenters. The summed E-state index contributed by atoms with van der Waals surface area (Å²) in [6.07, 6.45) is 2.50. The van der Waals surface area contributed by atoms with Gasteiger partial charge in [-0.15, -0.1) is 0 Å². The maximum absolute atomic E-state index is 12.2. The maximum Gasteiger partial charge on any atom is 0.222 e. The van der Waals surface area contributed by atoms with E-state index in [1.165, 1.54) is 0 Å². The summed E-state index contributed by atoms with van der Waals surface area (Å²) in [6, 6.07) is 7.79. The van der Waals surface area contributed by atoms with E-state index in [1.807, 2.05) is 36.1 Å². The summed E-state index contributed by atoms with van der Waals surface area (Å²) >= 11 is 0. The Bertz CT molecular complexity index is 461. The number of aryl methyl sites for hydroxylation is 1. The minimum absolute atomic E-state index is 0.159. The molecule has 1 fully saturated rings. The Kier molecular flexibility index (Phi) is 4.65. The first-order valence-electron chi connectivity index (χ1n) is 7.14. The molecule has 1 saturated heterocycles. The van der Waals surface area contributed by atoms with Crippen molar-refractivity contribution in [3.8, 4) is 5.75 Å². The molecular weight excluding hydrogens is 254 g/mol. The Balaban J connectivity index is 1.86. The molecule has 1 aliphatic heterocycles. The highest BCUT2D eigenvalue weighted by molar-refractivity contribution is 5.76. The Hall–Kier alpha value is -1.55. The van der Waals surface area contributed by atoms with Crippen molar-refractivity contribution in [1.29, 1.82) is 0 Å². The standard InChI is InChI=1S/C16H23NO3/c1-16(19)9-11-17(12-10-16)15(18)8-7-13-5-3-4-6-14(13)20-2/h3-6,19H,7-12H2,1-2H3. The van der Waals surface area contributed by atoms with E-state index in [0.29, 0.717) is 38.8 Å². The third-order valence-corrected chi connectivity index (χ3v) is 3.99. The number of carbonyl (C=O) groups is 1. The average Bonchev–Trinajstić information content (AvgIpc) is 2.45. The molecule has 1 N–H and O–H groups in total. The number of hydrogen-bond acceptors (Lipinski definition) is 3. The molecule has 4 heteroatoms. The lowest BCUT2D eigenvalue weighted by Crippen LogP contribution is -2.45. The van der Waals surface area contributed by atoms with Crippen LogP contribution in [-0.4, -0.2) is 41.7 Å². The van der Waals surface area contributed by atoms with Crippen molar-refractivity contribution >= 4 is 5.91 Å². The predicted octanol–water partition coefficient (Wildman–Crippen LogP) is 2.00. The summed E-state index contributed by atoms with van der Waals surface area (Å²) in [7, 11) is 1.65. The van der Waals surface area contributed by atoms with Gasteiger partial charge in [0, 0.05) is 19.5 Å². The van der Waals surface area contributed by atoms with Gasteiger partial charge in [-0.1, -0.05) is 18.2 Å². The van der Waals surface area contributed by atoms with Gasteiger partial charge in [0.25, 0.3) is 0 Å². The number of aliphatic hydroxyl groups is 1. The van der Waals surface area contributed by atoms with Gasteiger partial charge in [0.1, 0.15) is 5.75 Å². The number of carbonyl (C=O) groups excluding carboxylic acids is 1. The number of methoxy groups -OCH3 is 1. The quantitative estimate of drug-likeness (QED) is 0.916. The SMILES string of the molecule is COc1ccccc1CCC(=O)N1CCC(C)(O)CC1. The lowest BCUT2D eigenvalue weighted by atomic mass is 9.93. The van der Waals surface area contributed by atoms with Gasteiger partial charge >= 0.3 is 0 Å². The largest absolute Gasteiger partial charge is 0.496 e. The Morgan fingerprint density at radius 3 is 2.65 bits per heavy atom. The van der Waals surface area contributed by atoms with E-state index in [-0.39, 0.29) is 5.91 Å². The van der Waals surface area contributed by atoms with Crippen LogP contribution in [-0.2, 0) is 11.2 Å². The predicted molar refractivity (Wildman–Crippen MR) is 77.8 cm³/mol. The van der Waals surface area contributed by atoms with Gasteiger partial charge in [0.2, 0.25) is 5.91 Å².